The summed E-state index contributed by atoms with van der Waals surface area (Å²) in [7, 11) is 0. The van der Waals surface area contributed by atoms with E-state index in [0.717, 1.165) is 24.3 Å². The standard InChI is InChI=1S/C20H27ClO/c1-4-5-20(14(2)16-10-12-19(21)13-11-16)18-8-6-17(7-9-18)15(3)22/h6,8-10,12,14,17,20H,4-5,7,11,13H2,1-3H3. The van der Waals surface area contributed by atoms with Gasteiger partial charge < -0.3 is 0 Å². The molecule has 120 valence electrons. The third kappa shape index (κ3) is 4.23. The van der Waals surface area contributed by atoms with Gasteiger partial charge in [0.25, 0.3) is 0 Å². The molecular weight excluding hydrogens is 292 g/mol. The van der Waals surface area contributed by atoms with E-state index in [1.807, 2.05) is 0 Å². The zero-order valence-electron chi connectivity index (χ0n) is 13.9. The molecule has 0 saturated heterocycles. The van der Waals surface area contributed by atoms with Crippen molar-refractivity contribution in [2.75, 3.05) is 0 Å². The van der Waals surface area contributed by atoms with Gasteiger partial charge in [-0.15, -0.1) is 0 Å². The third-order valence-corrected chi connectivity index (χ3v) is 5.31. The molecular formula is C20H27ClO. The van der Waals surface area contributed by atoms with Crippen LogP contribution in [0.5, 0.6) is 0 Å². The van der Waals surface area contributed by atoms with Crippen LogP contribution in [-0.4, -0.2) is 5.78 Å². The Labute approximate surface area is 139 Å². The minimum Gasteiger partial charge on any atom is -0.299 e. The van der Waals surface area contributed by atoms with Gasteiger partial charge in [0.05, 0.1) is 0 Å². The predicted octanol–water partition coefficient (Wildman–Crippen LogP) is 5.97. The number of Topliss-reactive ketones (excluding diaryl/α,β-unsaturated/α-hetero) is 1. The lowest BCUT2D eigenvalue weighted by molar-refractivity contribution is -0.119. The van der Waals surface area contributed by atoms with Crippen LogP contribution in [0.4, 0.5) is 0 Å². The molecule has 2 aliphatic rings. The Morgan fingerprint density at radius 2 is 2.14 bits per heavy atom. The molecule has 0 aromatic carbocycles. The maximum Gasteiger partial charge on any atom is 0.136 e. The lowest BCUT2D eigenvalue weighted by atomic mass is 9.75. The highest BCUT2D eigenvalue weighted by Crippen LogP contribution is 2.37. The van der Waals surface area contributed by atoms with Gasteiger partial charge in [-0.2, -0.15) is 0 Å². The molecule has 0 aromatic rings. The van der Waals surface area contributed by atoms with Crippen LogP contribution in [0.1, 0.15) is 52.9 Å². The van der Waals surface area contributed by atoms with Crippen molar-refractivity contribution < 1.29 is 4.79 Å². The van der Waals surface area contributed by atoms with E-state index in [1.165, 1.54) is 24.0 Å². The number of ketones is 1. The van der Waals surface area contributed by atoms with E-state index in [0.29, 0.717) is 11.8 Å². The molecule has 22 heavy (non-hydrogen) atoms. The van der Waals surface area contributed by atoms with Crippen LogP contribution in [0.3, 0.4) is 0 Å². The Balaban J connectivity index is 2.14. The first-order valence-electron chi connectivity index (χ1n) is 8.46. The molecule has 0 N–H and O–H groups in total. The first kappa shape index (κ1) is 17.3. The van der Waals surface area contributed by atoms with Crippen LogP contribution in [-0.2, 0) is 4.79 Å². The highest BCUT2D eigenvalue weighted by atomic mass is 35.5. The topological polar surface area (TPSA) is 17.1 Å². The molecule has 0 heterocycles. The SMILES string of the molecule is CCCC(C1=CCC(C(C)=O)C=C1)C(C)C1=CC=C(Cl)CC1. The molecule has 0 fully saturated rings. The summed E-state index contributed by atoms with van der Waals surface area (Å²) in [5, 5.41) is 0.962. The zero-order valence-corrected chi connectivity index (χ0v) is 14.7. The van der Waals surface area contributed by atoms with E-state index >= 15 is 0 Å². The normalized spacial score (nSPS) is 24.2. The minimum atomic E-state index is 0.0805. The molecule has 3 atom stereocenters. The Morgan fingerprint density at radius 1 is 1.36 bits per heavy atom. The van der Waals surface area contributed by atoms with Crippen molar-refractivity contribution in [2.45, 2.75) is 52.9 Å². The molecule has 2 rings (SSSR count). The molecule has 0 saturated carbocycles. The Morgan fingerprint density at radius 3 is 2.64 bits per heavy atom. The van der Waals surface area contributed by atoms with E-state index in [2.05, 4.69) is 44.2 Å². The zero-order chi connectivity index (χ0) is 16.1. The minimum absolute atomic E-state index is 0.0805. The van der Waals surface area contributed by atoms with Gasteiger partial charge >= 0.3 is 0 Å². The van der Waals surface area contributed by atoms with Gasteiger partial charge in [0.2, 0.25) is 0 Å². The van der Waals surface area contributed by atoms with Gasteiger partial charge in [0.1, 0.15) is 5.78 Å². The molecule has 2 heteroatoms. The maximum absolute atomic E-state index is 11.5. The van der Waals surface area contributed by atoms with Crippen molar-refractivity contribution in [2.24, 2.45) is 17.8 Å². The number of carbonyl (C=O) groups excluding carboxylic acids is 1. The fourth-order valence-corrected chi connectivity index (χ4v) is 3.65. The molecule has 3 unspecified atom stereocenters. The van der Waals surface area contributed by atoms with Crippen molar-refractivity contribution >= 4 is 17.4 Å². The summed E-state index contributed by atoms with van der Waals surface area (Å²) in [4.78, 5) is 11.5. The van der Waals surface area contributed by atoms with Crippen LogP contribution < -0.4 is 0 Å². The van der Waals surface area contributed by atoms with Crippen LogP contribution in [0.2, 0.25) is 0 Å². The molecule has 0 spiro atoms. The Bertz CT molecular complexity index is 536. The quantitative estimate of drug-likeness (QED) is 0.589. The van der Waals surface area contributed by atoms with E-state index in [4.69, 9.17) is 11.6 Å². The summed E-state index contributed by atoms with van der Waals surface area (Å²) in [5.41, 5.74) is 2.92. The Hall–Kier alpha value is -1.08. The van der Waals surface area contributed by atoms with E-state index in [9.17, 15) is 4.79 Å². The van der Waals surface area contributed by atoms with Crippen molar-refractivity contribution in [1.82, 2.24) is 0 Å². The second-order valence-electron chi connectivity index (χ2n) is 6.56. The van der Waals surface area contributed by atoms with Gasteiger partial charge in [-0.1, -0.05) is 61.7 Å². The van der Waals surface area contributed by atoms with Crippen LogP contribution in [0.25, 0.3) is 0 Å². The number of hydrogen-bond donors (Lipinski definition) is 0. The number of hydrogen-bond acceptors (Lipinski definition) is 1. The highest BCUT2D eigenvalue weighted by molar-refractivity contribution is 6.29. The Kier molecular flexibility index (Phi) is 6.26. The lowest BCUT2D eigenvalue weighted by Gasteiger charge is -2.30. The monoisotopic (exact) mass is 318 g/mol. The summed E-state index contributed by atoms with van der Waals surface area (Å²) in [5.74, 6) is 1.43. The summed E-state index contributed by atoms with van der Waals surface area (Å²) in [6, 6.07) is 0. The van der Waals surface area contributed by atoms with E-state index in [-0.39, 0.29) is 11.7 Å². The van der Waals surface area contributed by atoms with E-state index < -0.39 is 0 Å². The second kappa shape index (κ2) is 7.97. The van der Waals surface area contributed by atoms with Gasteiger partial charge in [-0.05, 0) is 56.1 Å². The van der Waals surface area contributed by atoms with Gasteiger partial charge in [-0.3, -0.25) is 4.79 Å². The van der Waals surface area contributed by atoms with Crippen molar-refractivity contribution in [3.8, 4) is 0 Å². The lowest BCUT2D eigenvalue weighted by Crippen LogP contribution is -2.19. The molecule has 2 aliphatic carbocycles. The second-order valence-corrected chi connectivity index (χ2v) is 7.04. The molecule has 0 radical (unpaired) electrons. The molecule has 0 amide bonds. The van der Waals surface area contributed by atoms with Gasteiger partial charge in [-0.25, -0.2) is 0 Å². The van der Waals surface area contributed by atoms with Gasteiger partial charge in [0.15, 0.2) is 0 Å². The summed E-state index contributed by atoms with van der Waals surface area (Å²) in [6.07, 6.45) is 16.1. The van der Waals surface area contributed by atoms with Crippen molar-refractivity contribution in [3.63, 3.8) is 0 Å². The predicted molar refractivity (Wildman–Crippen MR) is 94.8 cm³/mol. The van der Waals surface area contributed by atoms with Crippen LogP contribution in [0, 0.1) is 17.8 Å². The number of carbonyl (C=O) groups is 1. The number of rotatable bonds is 6. The first-order valence-corrected chi connectivity index (χ1v) is 8.84. The first-order chi connectivity index (χ1) is 10.5. The average Bonchev–Trinajstić information content (AvgIpc) is 2.53. The number of halogens is 1. The molecule has 1 nitrogen and oxygen atoms in total. The van der Waals surface area contributed by atoms with Crippen molar-refractivity contribution in [1.29, 1.82) is 0 Å². The summed E-state index contributed by atoms with van der Waals surface area (Å²) >= 11 is 6.08. The highest BCUT2D eigenvalue weighted by Gasteiger charge is 2.25. The molecule has 0 aliphatic heterocycles. The number of allylic oxidation sites excluding steroid dienone is 8. The average molecular weight is 319 g/mol. The third-order valence-electron chi connectivity index (χ3n) is 5.00. The van der Waals surface area contributed by atoms with E-state index in [1.54, 1.807) is 6.92 Å². The summed E-state index contributed by atoms with van der Waals surface area (Å²) < 4.78 is 0. The van der Waals surface area contributed by atoms with Crippen molar-refractivity contribution in [3.05, 3.63) is 46.6 Å². The van der Waals surface area contributed by atoms with Crippen LogP contribution in [0.15, 0.2) is 46.6 Å². The molecule has 0 bridgehead atoms. The fraction of sp³-hybridized carbons (Fsp3) is 0.550. The molecule has 0 aromatic heterocycles. The van der Waals surface area contributed by atoms with Gasteiger partial charge in [0, 0.05) is 11.0 Å². The fourth-order valence-electron chi connectivity index (χ4n) is 3.50. The smallest absolute Gasteiger partial charge is 0.136 e. The largest absolute Gasteiger partial charge is 0.299 e. The van der Waals surface area contributed by atoms with Crippen LogP contribution >= 0.6 is 11.6 Å². The maximum atomic E-state index is 11.5. The summed E-state index contributed by atoms with van der Waals surface area (Å²) in [6.45, 7) is 6.27.